The average molecular weight is 170 g/mol. The zero-order valence-electron chi connectivity index (χ0n) is 6.56. The van der Waals surface area contributed by atoms with Gasteiger partial charge in [-0.1, -0.05) is 0 Å². The number of aliphatic carboxylic acids is 1. The predicted molar refractivity (Wildman–Crippen MR) is 39.4 cm³/mol. The number of nitrogens with zero attached hydrogens (tertiary/aromatic N) is 2. The molecule has 0 radical (unpaired) electrons. The lowest BCUT2D eigenvalue weighted by Gasteiger charge is -2.30. The number of morpholine rings is 1. The lowest BCUT2D eigenvalue weighted by molar-refractivity contribution is -0.149. The summed E-state index contributed by atoms with van der Waals surface area (Å²) in [5, 5.41) is 17.1. The summed E-state index contributed by atoms with van der Waals surface area (Å²) in [7, 11) is 0. The molecule has 1 fully saturated rings. The maximum atomic E-state index is 10.6. The van der Waals surface area contributed by atoms with Gasteiger partial charge in [0.1, 0.15) is 6.04 Å². The second-order valence-electron chi connectivity index (χ2n) is 2.56. The normalized spacial score (nSPS) is 24.8. The maximum absolute atomic E-state index is 10.6. The van der Waals surface area contributed by atoms with E-state index < -0.39 is 12.0 Å². The molecule has 0 aliphatic carbocycles. The third-order valence-corrected chi connectivity index (χ3v) is 1.80. The van der Waals surface area contributed by atoms with Crippen LogP contribution in [-0.2, 0) is 9.53 Å². The topological polar surface area (TPSA) is 73.6 Å². The Bertz CT molecular complexity index is 211. The van der Waals surface area contributed by atoms with Gasteiger partial charge in [-0.15, -0.1) is 0 Å². The first-order chi connectivity index (χ1) is 5.75. The summed E-state index contributed by atoms with van der Waals surface area (Å²) in [5.41, 5.74) is 0. The first-order valence-corrected chi connectivity index (χ1v) is 3.67. The molecule has 1 aliphatic heterocycles. The van der Waals surface area contributed by atoms with E-state index in [9.17, 15) is 4.79 Å². The van der Waals surface area contributed by atoms with E-state index in [1.165, 1.54) is 0 Å². The molecule has 0 bridgehead atoms. The third kappa shape index (κ3) is 1.94. The summed E-state index contributed by atoms with van der Waals surface area (Å²) >= 11 is 0. The molecule has 0 aromatic carbocycles. The maximum Gasteiger partial charge on any atom is 0.323 e. The van der Waals surface area contributed by atoms with Crippen molar-refractivity contribution in [3.63, 3.8) is 0 Å². The van der Waals surface area contributed by atoms with E-state index in [1.807, 2.05) is 6.07 Å². The van der Waals surface area contributed by atoms with E-state index in [4.69, 9.17) is 15.1 Å². The van der Waals surface area contributed by atoms with Crippen LogP contribution in [0.25, 0.3) is 0 Å². The molecule has 1 unspecified atom stereocenters. The monoisotopic (exact) mass is 170 g/mol. The minimum absolute atomic E-state index is 0.153. The van der Waals surface area contributed by atoms with E-state index in [0.29, 0.717) is 13.2 Å². The van der Waals surface area contributed by atoms with Crippen LogP contribution in [0.5, 0.6) is 0 Å². The smallest absolute Gasteiger partial charge is 0.323 e. The number of ether oxygens (including phenoxy) is 1. The van der Waals surface area contributed by atoms with Gasteiger partial charge in [0.05, 0.1) is 25.8 Å². The predicted octanol–water partition coefficient (Wildman–Crippen LogP) is -0.705. The number of hydrogen-bond acceptors (Lipinski definition) is 4. The van der Waals surface area contributed by atoms with Gasteiger partial charge in [-0.2, -0.15) is 5.26 Å². The van der Waals surface area contributed by atoms with Crippen molar-refractivity contribution in [3.05, 3.63) is 0 Å². The summed E-state index contributed by atoms with van der Waals surface area (Å²) in [6.07, 6.45) is 0. The van der Waals surface area contributed by atoms with Gasteiger partial charge in [-0.25, -0.2) is 0 Å². The van der Waals surface area contributed by atoms with Gasteiger partial charge in [0.2, 0.25) is 0 Å². The molecular weight excluding hydrogens is 160 g/mol. The fraction of sp³-hybridized carbons (Fsp3) is 0.714. The van der Waals surface area contributed by atoms with Crippen LogP contribution in [0.15, 0.2) is 0 Å². The molecule has 1 heterocycles. The lowest BCUT2D eigenvalue weighted by atomic mass is 10.2. The second-order valence-corrected chi connectivity index (χ2v) is 2.56. The van der Waals surface area contributed by atoms with E-state index in [0.717, 1.165) is 0 Å². The molecule has 1 aliphatic rings. The van der Waals surface area contributed by atoms with Gasteiger partial charge in [0, 0.05) is 6.54 Å². The highest BCUT2D eigenvalue weighted by atomic mass is 16.5. The number of carboxylic acids is 1. The number of carbonyl (C=O) groups is 1. The van der Waals surface area contributed by atoms with Gasteiger partial charge >= 0.3 is 5.97 Å². The molecule has 5 heteroatoms. The van der Waals surface area contributed by atoms with Crippen molar-refractivity contribution in [2.24, 2.45) is 0 Å². The zero-order valence-corrected chi connectivity index (χ0v) is 6.56. The van der Waals surface area contributed by atoms with Crippen LogP contribution in [0.3, 0.4) is 0 Å². The molecule has 0 aromatic heterocycles. The minimum Gasteiger partial charge on any atom is -0.480 e. The van der Waals surface area contributed by atoms with Crippen molar-refractivity contribution < 1.29 is 14.6 Å². The molecule has 1 N–H and O–H groups in total. The van der Waals surface area contributed by atoms with Gasteiger partial charge in [0.25, 0.3) is 0 Å². The average Bonchev–Trinajstić information content (AvgIpc) is 2.05. The van der Waals surface area contributed by atoms with Crippen LogP contribution in [0.4, 0.5) is 0 Å². The van der Waals surface area contributed by atoms with Crippen LogP contribution in [0, 0.1) is 11.3 Å². The van der Waals surface area contributed by atoms with Crippen LogP contribution in [0.1, 0.15) is 0 Å². The molecule has 0 saturated carbocycles. The second kappa shape index (κ2) is 4.04. The SMILES string of the molecule is N#CCN1CCOCC1C(=O)O. The van der Waals surface area contributed by atoms with Gasteiger partial charge in [-0.05, 0) is 0 Å². The Labute approximate surface area is 70.1 Å². The molecule has 0 amide bonds. The molecule has 12 heavy (non-hydrogen) atoms. The van der Waals surface area contributed by atoms with Crippen molar-refractivity contribution >= 4 is 5.97 Å². The van der Waals surface area contributed by atoms with Gasteiger partial charge in [0.15, 0.2) is 0 Å². The fourth-order valence-electron chi connectivity index (χ4n) is 1.15. The largest absolute Gasteiger partial charge is 0.480 e. The van der Waals surface area contributed by atoms with E-state index in [2.05, 4.69) is 0 Å². The molecule has 66 valence electrons. The zero-order chi connectivity index (χ0) is 8.97. The summed E-state index contributed by atoms with van der Waals surface area (Å²) in [5.74, 6) is -0.926. The highest BCUT2D eigenvalue weighted by molar-refractivity contribution is 5.73. The summed E-state index contributed by atoms with van der Waals surface area (Å²) in [6.45, 7) is 1.35. The molecule has 1 atom stereocenters. The minimum atomic E-state index is -0.926. The van der Waals surface area contributed by atoms with E-state index in [-0.39, 0.29) is 13.2 Å². The van der Waals surface area contributed by atoms with Crippen LogP contribution in [0.2, 0.25) is 0 Å². The molecular formula is C7H10N2O3. The van der Waals surface area contributed by atoms with Crippen molar-refractivity contribution in [1.82, 2.24) is 4.90 Å². The van der Waals surface area contributed by atoms with Crippen molar-refractivity contribution in [2.45, 2.75) is 6.04 Å². The molecule has 1 rings (SSSR count). The Morgan fingerprint density at radius 2 is 2.58 bits per heavy atom. The number of carboxylic acid groups (broad SMARTS) is 1. The molecule has 5 nitrogen and oxygen atoms in total. The van der Waals surface area contributed by atoms with Crippen molar-refractivity contribution in [3.8, 4) is 6.07 Å². The molecule has 1 saturated heterocycles. The van der Waals surface area contributed by atoms with Gasteiger partial charge in [-0.3, -0.25) is 9.69 Å². The quantitative estimate of drug-likeness (QED) is 0.554. The Hall–Kier alpha value is -1.12. The first kappa shape index (κ1) is 8.97. The van der Waals surface area contributed by atoms with Crippen molar-refractivity contribution in [2.75, 3.05) is 26.3 Å². The number of hydrogen-bond donors (Lipinski definition) is 1. The first-order valence-electron chi connectivity index (χ1n) is 3.67. The third-order valence-electron chi connectivity index (χ3n) is 1.80. The fourth-order valence-corrected chi connectivity index (χ4v) is 1.15. The van der Waals surface area contributed by atoms with Crippen molar-refractivity contribution in [1.29, 1.82) is 5.26 Å². The Kier molecular flexibility index (Phi) is 3.02. The van der Waals surface area contributed by atoms with E-state index >= 15 is 0 Å². The number of rotatable bonds is 2. The van der Waals surface area contributed by atoms with Crippen LogP contribution in [-0.4, -0.2) is 48.3 Å². The summed E-state index contributed by atoms with van der Waals surface area (Å²) in [6, 6.07) is 1.28. The Morgan fingerprint density at radius 3 is 3.17 bits per heavy atom. The highest BCUT2D eigenvalue weighted by Crippen LogP contribution is 2.05. The van der Waals surface area contributed by atoms with Crippen LogP contribution >= 0.6 is 0 Å². The Morgan fingerprint density at radius 1 is 1.83 bits per heavy atom. The lowest BCUT2D eigenvalue weighted by Crippen LogP contribution is -2.49. The molecule has 0 spiro atoms. The Balaban J connectivity index is 2.55. The van der Waals surface area contributed by atoms with Crippen LogP contribution < -0.4 is 0 Å². The summed E-state index contributed by atoms with van der Waals surface area (Å²) < 4.78 is 4.99. The van der Waals surface area contributed by atoms with E-state index in [1.54, 1.807) is 4.90 Å². The standard InChI is InChI=1S/C7H10N2O3/c8-1-2-9-3-4-12-5-6(9)7(10)11/h6H,2-5H2,(H,10,11). The summed E-state index contributed by atoms with van der Waals surface area (Å²) in [4.78, 5) is 12.2. The highest BCUT2D eigenvalue weighted by Gasteiger charge is 2.28. The number of nitriles is 1. The molecule has 0 aromatic rings. The van der Waals surface area contributed by atoms with Gasteiger partial charge < -0.3 is 9.84 Å².